The standard InChI is InChI=1S/C29H35NO6/c1-6-35-29(31)24-18-36-28(23-15-22(19(2)3)25(32-4)16-26(23)33-5)27(24)21-9-7-20(8-10-21)17-30-11-13-34-14-12-30/h7-10,15-16,18-19H,6,11-14,17H2,1-5H3. The zero-order valence-corrected chi connectivity index (χ0v) is 21.8. The Morgan fingerprint density at radius 3 is 2.33 bits per heavy atom. The number of ether oxygens (including phenoxy) is 4. The molecule has 1 aliphatic rings. The quantitative estimate of drug-likeness (QED) is 0.351. The van der Waals surface area contributed by atoms with Crippen LogP contribution in [0, 0.1) is 0 Å². The average Bonchev–Trinajstić information content (AvgIpc) is 3.34. The molecule has 0 unspecified atom stereocenters. The van der Waals surface area contributed by atoms with Gasteiger partial charge in [0, 0.05) is 31.3 Å². The minimum absolute atomic E-state index is 0.215. The van der Waals surface area contributed by atoms with Gasteiger partial charge in [0.2, 0.25) is 0 Å². The summed E-state index contributed by atoms with van der Waals surface area (Å²) >= 11 is 0. The number of furan rings is 1. The van der Waals surface area contributed by atoms with Gasteiger partial charge in [-0.1, -0.05) is 38.1 Å². The minimum atomic E-state index is -0.420. The van der Waals surface area contributed by atoms with Gasteiger partial charge in [-0.3, -0.25) is 4.90 Å². The largest absolute Gasteiger partial charge is 0.496 e. The van der Waals surface area contributed by atoms with E-state index in [1.54, 1.807) is 21.1 Å². The van der Waals surface area contributed by atoms with Gasteiger partial charge in [-0.05, 0) is 35.6 Å². The molecule has 4 rings (SSSR count). The highest BCUT2D eigenvalue weighted by atomic mass is 16.5. The zero-order valence-electron chi connectivity index (χ0n) is 21.8. The second kappa shape index (κ2) is 11.6. The first-order valence-electron chi connectivity index (χ1n) is 12.4. The molecule has 0 saturated carbocycles. The fourth-order valence-corrected chi connectivity index (χ4v) is 4.55. The molecule has 0 spiro atoms. The third kappa shape index (κ3) is 5.42. The lowest BCUT2D eigenvalue weighted by Crippen LogP contribution is -2.35. The monoisotopic (exact) mass is 493 g/mol. The van der Waals surface area contributed by atoms with Crippen LogP contribution in [0.25, 0.3) is 22.5 Å². The van der Waals surface area contributed by atoms with Gasteiger partial charge in [-0.15, -0.1) is 0 Å². The van der Waals surface area contributed by atoms with Crippen molar-refractivity contribution in [1.29, 1.82) is 0 Å². The van der Waals surface area contributed by atoms with Crippen LogP contribution in [0.4, 0.5) is 0 Å². The lowest BCUT2D eigenvalue weighted by molar-refractivity contribution is 0.0342. The summed E-state index contributed by atoms with van der Waals surface area (Å²) in [6, 6.07) is 12.2. The molecule has 36 heavy (non-hydrogen) atoms. The van der Waals surface area contributed by atoms with Crippen molar-refractivity contribution in [2.24, 2.45) is 0 Å². The molecule has 2 aromatic carbocycles. The van der Waals surface area contributed by atoms with Crippen LogP contribution >= 0.6 is 0 Å². The summed E-state index contributed by atoms with van der Waals surface area (Å²) < 4.78 is 28.2. The van der Waals surface area contributed by atoms with E-state index in [0.717, 1.165) is 55.3 Å². The van der Waals surface area contributed by atoms with Gasteiger partial charge in [-0.25, -0.2) is 4.79 Å². The number of rotatable bonds is 9. The molecule has 0 N–H and O–H groups in total. The Morgan fingerprint density at radius 2 is 1.72 bits per heavy atom. The van der Waals surface area contributed by atoms with Crippen LogP contribution in [0.1, 0.15) is 48.2 Å². The van der Waals surface area contributed by atoms with Crippen molar-refractivity contribution >= 4 is 5.97 Å². The van der Waals surface area contributed by atoms with Gasteiger partial charge in [0.1, 0.15) is 29.1 Å². The molecule has 0 aliphatic carbocycles. The first kappa shape index (κ1) is 25.8. The van der Waals surface area contributed by atoms with Crippen LogP contribution < -0.4 is 9.47 Å². The SMILES string of the molecule is CCOC(=O)c1coc(-c2cc(C(C)C)c(OC)cc2OC)c1-c1ccc(CN2CCOCC2)cc1. The first-order valence-corrected chi connectivity index (χ1v) is 12.4. The summed E-state index contributed by atoms with van der Waals surface area (Å²) in [4.78, 5) is 15.3. The summed E-state index contributed by atoms with van der Waals surface area (Å²) in [7, 11) is 3.26. The van der Waals surface area contributed by atoms with E-state index in [1.165, 1.54) is 11.8 Å². The first-order chi connectivity index (χ1) is 17.5. The molecule has 1 fully saturated rings. The summed E-state index contributed by atoms with van der Waals surface area (Å²) in [5.74, 6) is 1.70. The van der Waals surface area contributed by atoms with Crippen molar-refractivity contribution in [3.63, 3.8) is 0 Å². The van der Waals surface area contributed by atoms with E-state index < -0.39 is 5.97 Å². The van der Waals surface area contributed by atoms with Crippen LogP contribution in [0.3, 0.4) is 0 Å². The fraction of sp³-hybridized carbons (Fsp3) is 0.414. The van der Waals surface area contributed by atoms with Crippen LogP contribution in [-0.4, -0.2) is 58.0 Å². The maximum absolute atomic E-state index is 12.9. The van der Waals surface area contributed by atoms with Crippen molar-refractivity contribution in [3.8, 4) is 33.9 Å². The molecule has 0 bridgehead atoms. The lowest BCUT2D eigenvalue weighted by Gasteiger charge is -2.26. The van der Waals surface area contributed by atoms with Crippen molar-refractivity contribution < 1.29 is 28.2 Å². The minimum Gasteiger partial charge on any atom is -0.496 e. The van der Waals surface area contributed by atoms with E-state index in [9.17, 15) is 4.79 Å². The van der Waals surface area contributed by atoms with E-state index in [0.29, 0.717) is 22.6 Å². The van der Waals surface area contributed by atoms with E-state index in [4.69, 9.17) is 23.4 Å². The van der Waals surface area contributed by atoms with Crippen molar-refractivity contribution in [2.75, 3.05) is 47.1 Å². The van der Waals surface area contributed by atoms with Gasteiger partial charge in [0.25, 0.3) is 0 Å². The maximum atomic E-state index is 12.9. The van der Waals surface area contributed by atoms with Crippen molar-refractivity contribution in [1.82, 2.24) is 4.90 Å². The van der Waals surface area contributed by atoms with Crippen LogP contribution in [-0.2, 0) is 16.0 Å². The maximum Gasteiger partial charge on any atom is 0.342 e. The summed E-state index contributed by atoms with van der Waals surface area (Å²) in [5.41, 5.74) is 4.92. The normalized spacial score (nSPS) is 14.2. The van der Waals surface area contributed by atoms with Crippen molar-refractivity contribution in [2.45, 2.75) is 33.2 Å². The van der Waals surface area contributed by atoms with Crippen LogP contribution in [0.2, 0.25) is 0 Å². The number of morpholine rings is 1. The molecule has 3 aromatic rings. The number of hydrogen-bond acceptors (Lipinski definition) is 7. The number of carbonyl (C=O) groups is 1. The molecule has 1 aliphatic heterocycles. The number of methoxy groups -OCH3 is 2. The Kier molecular flexibility index (Phi) is 8.33. The Bertz CT molecular complexity index is 1180. The van der Waals surface area contributed by atoms with Gasteiger partial charge < -0.3 is 23.4 Å². The summed E-state index contributed by atoms with van der Waals surface area (Å²) in [6.45, 7) is 10.5. The van der Waals surface area contributed by atoms with Gasteiger partial charge in [0.15, 0.2) is 0 Å². The molecule has 7 heteroatoms. The number of carbonyl (C=O) groups excluding carboxylic acids is 1. The second-order valence-electron chi connectivity index (χ2n) is 9.11. The molecule has 0 amide bonds. The van der Waals surface area contributed by atoms with Crippen LogP contribution in [0.15, 0.2) is 47.1 Å². The molecular formula is C29H35NO6. The van der Waals surface area contributed by atoms with Crippen molar-refractivity contribution in [3.05, 3.63) is 59.4 Å². The summed E-state index contributed by atoms with van der Waals surface area (Å²) in [6.07, 6.45) is 1.48. The molecule has 0 radical (unpaired) electrons. The molecule has 7 nitrogen and oxygen atoms in total. The van der Waals surface area contributed by atoms with E-state index in [1.807, 2.05) is 24.3 Å². The highest BCUT2D eigenvalue weighted by molar-refractivity contribution is 6.01. The number of hydrogen-bond donors (Lipinski definition) is 0. The third-order valence-electron chi connectivity index (χ3n) is 6.46. The number of esters is 1. The predicted molar refractivity (Wildman–Crippen MR) is 139 cm³/mol. The Labute approximate surface area is 212 Å². The third-order valence-corrected chi connectivity index (χ3v) is 6.46. The van der Waals surface area contributed by atoms with Crippen LogP contribution in [0.5, 0.6) is 11.5 Å². The summed E-state index contributed by atoms with van der Waals surface area (Å²) in [5, 5.41) is 0. The topological polar surface area (TPSA) is 70.4 Å². The highest BCUT2D eigenvalue weighted by Gasteiger charge is 2.26. The Balaban J connectivity index is 1.80. The molecule has 1 aromatic heterocycles. The molecule has 1 saturated heterocycles. The van der Waals surface area contributed by atoms with E-state index in [-0.39, 0.29) is 12.5 Å². The zero-order chi connectivity index (χ0) is 25.7. The lowest BCUT2D eigenvalue weighted by atomic mass is 9.93. The van der Waals surface area contributed by atoms with E-state index >= 15 is 0 Å². The molecule has 2 heterocycles. The van der Waals surface area contributed by atoms with E-state index in [2.05, 4.69) is 30.9 Å². The molecule has 0 atom stereocenters. The molecular weight excluding hydrogens is 458 g/mol. The Morgan fingerprint density at radius 1 is 1.03 bits per heavy atom. The second-order valence-corrected chi connectivity index (χ2v) is 9.11. The number of nitrogens with zero attached hydrogens (tertiary/aromatic N) is 1. The van der Waals surface area contributed by atoms with Gasteiger partial charge in [-0.2, -0.15) is 0 Å². The van der Waals surface area contributed by atoms with Gasteiger partial charge >= 0.3 is 5.97 Å². The predicted octanol–water partition coefficient (Wildman–Crippen LogP) is 5.76. The molecule has 192 valence electrons. The number of benzene rings is 2. The Hall–Kier alpha value is -3.29. The highest BCUT2D eigenvalue weighted by Crippen LogP contribution is 2.44. The van der Waals surface area contributed by atoms with Gasteiger partial charge in [0.05, 0.1) is 39.6 Å². The fourth-order valence-electron chi connectivity index (χ4n) is 4.55. The smallest absolute Gasteiger partial charge is 0.342 e. The average molecular weight is 494 g/mol.